The highest BCUT2D eigenvalue weighted by Gasteiger charge is 2.83. The molecule has 11 rings (SSSR count). The average molecular weight is 639 g/mol. The predicted octanol–water partition coefficient (Wildman–Crippen LogP) is 8.87. The van der Waals surface area contributed by atoms with E-state index in [1.165, 1.54) is 62.5 Å². The minimum Gasteiger partial charge on any atom is -0.377 e. The molecule has 4 nitrogen and oxygen atoms in total. The van der Waals surface area contributed by atoms with Crippen molar-refractivity contribution >= 4 is 17.3 Å². The Kier molecular flexibility index (Phi) is 5.94. The molecule has 47 heavy (non-hydrogen) atoms. The SMILES string of the molecule is CO[C@@]12CC(=O)[C@@]3([C@H](C[C@H]4[C@H]5CCC6=CC(=O)CC[C@@]6(C)[C@@H]5CC[C@]43C)C1)[C@H]1C[C@H]3[C@@H]4CCC5=CC(=O)CC[C@]5(C)[C@H]4CC[C@]3(C)[C@H]12. The first kappa shape index (κ1) is 30.3. The van der Waals surface area contributed by atoms with Gasteiger partial charge in [0.25, 0.3) is 0 Å². The Morgan fingerprint density at radius 1 is 0.660 bits per heavy atom. The summed E-state index contributed by atoms with van der Waals surface area (Å²) in [5.74, 6) is 6.64. The Labute approximate surface area is 282 Å². The van der Waals surface area contributed by atoms with Crippen LogP contribution in [0.2, 0.25) is 0 Å². The average Bonchev–Trinajstić information content (AvgIpc) is 3.52. The van der Waals surface area contributed by atoms with Crippen molar-refractivity contribution in [3.63, 3.8) is 0 Å². The molecule has 2 bridgehead atoms. The van der Waals surface area contributed by atoms with Gasteiger partial charge in [0.15, 0.2) is 11.6 Å². The third-order valence-electron chi connectivity index (χ3n) is 19.6. The van der Waals surface area contributed by atoms with Crippen molar-refractivity contribution in [1.29, 1.82) is 0 Å². The Balaban J connectivity index is 1.06. The van der Waals surface area contributed by atoms with Crippen molar-refractivity contribution in [2.75, 3.05) is 7.11 Å². The lowest BCUT2D eigenvalue weighted by atomic mass is 9.36. The molecule has 15 atom stereocenters. The number of carbonyl (C=O) groups excluding carboxylic acids is 3. The largest absolute Gasteiger partial charge is 0.377 e. The van der Waals surface area contributed by atoms with E-state index in [4.69, 9.17) is 4.74 Å². The minimum atomic E-state index is -0.299. The van der Waals surface area contributed by atoms with Gasteiger partial charge < -0.3 is 4.74 Å². The quantitative estimate of drug-likeness (QED) is 0.288. The fraction of sp³-hybridized carbons (Fsp3) is 0.837. The first-order valence-electron chi connectivity index (χ1n) is 19.9. The van der Waals surface area contributed by atoms with Gasteiger partial charge in [0.2, 0.25) is 0 Å². The summed E-state index contributed by atoms with van der Waals surface area (Å²) in [5.41, 5.74) is 3.06. The second-order valence-electron chi connectivity index (χ2n) is 20.1. The Morgan fingerprint density at radius 3 is 1.87 bits per heavy atom. The summed E-state index contributed by atoms with van der Waals surface area (Å²) in [5, 5.41) is 0. The van der Waals surface area contributed by atoms with Crippen LogP contribution in [-0.2, 0) is 19.1 Å². The monoisotopic (exact) mass is 638 g/mol. The highest BCUT2D eigenvalue weighted by atomic mass is 16.5. The first-order valence-corrected chi connectivity index (χ1v) is 19.9. The van der Waals surface area contributed by atoms with Crippen LogP contribution in [0.3, 0.4) is 0 Å². The van der Waals surface area contributed by atoms with E-state index in [2.05, 4.69) is 33.8 Å². The molecule has 0 amide bonds. The molecule has 0 aromatic heterocycles. The molecule has 0 radical (unpaired) electrons. The summed E-state index contributed by atoms with van der Waals surface area (Å²) in [6, 6.07) is 0. The smallest absolute Gasteiger partial charge is 0.155 e. The number of hydrogen-bond acceptors (Lipinski definition) is 4. The number of carbonyl (C=O) groups is 3. The van der Waals surface area contributed by atoms with Crippen molar-refractivity contribution in [2.45, 2.75) is 136 Å². The normalized spacial score (nSPS) is 58.6. The molecule has 11 aliphatic carbocycles. The fourth-order valence-corrected chi connectivity index (χ4v) is 18.0. The van der Waals surface area contributed by atoms with E-state index in [0.29, 0.717) is 83.5 Å². The lowest BCUT2D eigenvalue weighted by molar-refractivity contribution is -0.242. The maximum absolute atomic E-state index is 15.2. The van der Waals surface area contributed by atoms with Gasteiger partial charge in [-0.05, 0) is 171 Å². The van der Waals surface area contributed by atoms with Crippen LogP contribution in [0, 0.1) is 80.3 Å². The zero-order valence-electron chi connectivity index (χ0n) is 29.8. The molecule has 9 fully saturated rings. The van der Waals surface area contributed by atoms with Crippen LogP contribution in [-0.4, -0.2) is 30.1 Å². The summed E-state index contributed by atoms with van der Waals surface area (Å²) in [7, 11) is 1.96. The minimum absolute atomic E-state index is 0.0721. The highest BCUT2D eigenvalue weighted by Crippen LogP contribution is 2.84. The van der Waals surface area contributed by atoms with E-state index in [1.54, 1.807) is 0 Å². The third kappa shape index (κ3) is 3.27. The van der Waals surface area contributed by atoms with E-state index in [-0.39, 0.29) is 32.7 Å². The molecule has 11 aliphatic rings. The molecule has 0 saturated heterocycles. The number of ether oxygens (including phenoxy) is 1. The van der Waals surface area contributed by atoms with Gasteiger partial charge in [-0.1, -0.05) is 38.8 Å². The molecule has 9 saturated carbocycles. The van der Waals surface area contributed by atoms with Crippen molar-refractivity contribution in [2.24, 2.45) is 80.3 Å². The molecule has 4 heteroatoms. The standard InChI is InChI=1S/C43H58O4/c1-38-14-10-27(44)18-24(38)6-8-29-31(38)12-16-40(3)33(29)21-35-37(40)42(47-5)22-26-20-34-30-9-7-25-19-28(45)11-15-39(25,2)32(30)13-17-41(34,4)43(26,35)36(46)23-42/h18-19,26,29-35,37H,6-17,20-23H2,1-5H3/t26-,29-,30+,31+,32-,33+,34+,35+,37+,38+,39-,40+,41-,42-,43-/m1/s1. The van der Waals surface area contributed by atoms with E-state index in [9.17, 15) is 9.59 Å². The lowest BCUT2D eigenvalue weighted by Gasteiger charge is -2.68. The van der Waals surface area contributed by atoms with Crippen molar-refractivity contribution in [3.05, 3.63) is 23.3 Å². The molecular weight excluding hydrogens is 580 g/mol. The van der Waals surface area contributed by atoms with E-state index >= 15 is 4.79 Å². The van der Waals surface area contributed by atoms with E-state index < -0.39 is 0 Å². The zero-order valence-corrected chi connectivity index (χ0v) is 29.8. The molecule has 254 valence electrons. The number of fused-ring (bicyclic) bond motifs is 11. The summed E-state index contributed by atoms with van der Waals surface area (Å²) >= 11 is 0. The molecule has 0 heterocycles. The second kappa shape index (κ2) is 9.21. The molecule has 0 unspecified atom stereocenters. The molecular formula is C43H58O4. The predicted molar refractivity (Wildman–Crippen MR) is 181 cm³/mol. The van der Waals surface area contributed by atoms with Crippen LogP contribution in [0.25, 0.3) is 0 Å². The number of ketones is 3. The van der Waals surface area contributed by atoms with E-state index in [1.807, 2.05) is 13.2 Å². The highest BCUT2D eigenvalue weighted by molar-refractivity contribution is 5.92. The van der Waals surface area contributed by atoms with Crippen LogP contribution in [0.5, 0.6) is 0 Å². The number of methoxy groups -OCH3 is 1. The van der Waals surface area contributed by atoms with Gasteiger partial charge in [-0.25, -0.2) is 0 Å². The first-order chi connectivity index (χ1) is 22.4. The van der Waals surface area contributed by atoms with Gasteiger partial charge in [0.05, 0.1) is 5.60 Å². The third-order valence-corrected chi connectivity index (χ3v) is 19.6. The van der Waals surface area contributed by atoms with Gasteiger partial charge in [0.1, 0.15) is 5.78 Å². The molecule has 0 aliphatic heterocycles. The maximum Gasteiger partial charge on any atom is 0.155 e. The summed E-state index contributed by atoms with van der Waals surface area (Å²) in [6.07, 6.45) is 21.3. The van der Waals surface area contributed by atoms with Gasteiger partial charge in [-0.15, -0.1) is 0 Å². The van der Waals surface area contributed by atoms with E-state index in [0.717, 1.165) is 38.5 Å². The van der Waals surface area contributed by atoms with Gasteiger partial charge in [-0.3, -0.25) is 14.4 Å². The second-order valence-corrected chi connectivity index (χ2v) is 20.1. The van der Waals surface area contributed by atoms with Gasteiger partial charge in [-0.2, -0.15) is 0 Å². The van der Waals surface area contributed by atoms with Crippen molar-refractivity contribution in [3.8, 4) is 0 Å². The topological polar surface area (TPSA) is 60.4 Å². The van der Waals surface area contributed by atoms with Crippen LogP contribution in [0.1, 0.15) is 130 Å². The lowest BCUT2D eigenvalue weighted by Crippen LogP contribution is -2.71. The van der Waals surface area contributed by atoms with Crippen LogP contribution >= 0.6 is 0 Å². The van der Waals surface area contributed by atoms with Crippen LogP contribution in [0.4, 0.5) is 0 Å². The summed E-state index contributed by atoms with van der Waals surface area (Å²) < 4.78 is 6.81. The molecule has 0 N–H and O–H groups in total. The van der Waals surface area contributed by atoms with Crippen molar-refractivity contribution in [1.82, 2.24) is 0 Å². The Morgan fingerprint density at radius 2 is 1.26 bits per heavy atom. The zero-order chi connectivity index (χ0) is 32.5. The maximum atomic E-state index is 15.2. The van der Waals surface area contributed by atoms with Crippen molar-refractivity contribution < 1.29 is 19.1 Å². The van der Waals surface area contributed by atoms with Crippen LogP contribution < -0.4 is 0 Å². The van der Waals surface area contributed by atoms with Crippen LogP contribution in [0.15, 0.2) is 23.3 Å². The van der Waals surface area contributed by atoms with Gasteiger partial charge >= 0.3 is 0 Å². The molecule has 1 spiro atoms. The summed E-state index contributed by atoms with van der Waals surface area (Å²) in [4.78, 5) is 40.2. The number of hydrogen-bond donors (Lipinski definition) is 0. The molecule has 0 aromatic carbocycles. The fourth-order valence-electron chi connectivity index (χ4n) is 18.0. The Bertz CT molecular complexity index is 1550. The Hall–Kier alpha value is -1.55. The molecule has 0 aromatic rings. The number of rotatable bonds is 1. The van der Waals surface area contributed by atoms with Gasteiger partial charge in [0, 0.05) is 31.8 Å². The number of allylic oxidation sites excluding steroid dienone is 2. The summed E-state index contributed by atoms with van der Waals surface area (Å²) in [6.45, 7) is 10.3. The number of Topliss-reactive ketones (excluding diaryl/α,β-unsaturated/α-hetero) is 1.